The summed E-state index contributed by atoms with van der Waals surface area (Å²) < 4.78 is 0. The van der Waals surface area contributed by atoms with Gasteiger partial charge in [0.25, 0.3) is 0 Å². The summed E-state index contributed by atoms with van der Waals surface area (Å²) in [5.41, 5.74) is 0.621. The van der Waals surface area contributed by atoms with Crippen molar-refractivity contribution in [2.24, 2.45) is 0 Å². The number of piperidine rings is 1. The zero-order chi connectivity index (χ0) is 11.4. The minimum atomic E-state index is 0.621. The standard InChI is InChI=1S/C14H28N2/c1-3-10-15-13-6-11-16(12-7-13)14(4-2)8-5-9-14/h13,15H,3-12H2,1-2H3. The Bertz CT molecular complexity index is 197. The Morgan fingerprint density at radius 1 is 1.19 bits per heavy atom. The fourth-order valence-electron chi connectivity index (χ4n) is 3.38. The lowest BCUT2D eigenvalue weighted by molar-refractivity contribution is -0.00689. The fourth-order valence-corrected chi connectivity index (χ4v) is 3.38. The molecule has 0 radical (unpaired) electrons. The summed E-state index contributed by atoms with van der Waals surface area (Å²) in [5, 5.41) is 3.67. The zero-order valence-electron chi connectivity index (χ0n) is 11.1. The molecule has 2 fully saturated rings. The summed E-state index contributed by atoms with van der Waals surface area (Å²) in [5.74, 6) is 0. The highest BCUT2D eigenvalue weighted by molar-refractivity contribution is 4.98. The van der Waals surface area contributed by atoms with E-state index in [0.717, 1.165) is 6.04 Å². The minimum absolute atomic E-state index is 0.621. The van der Waals surface area contributed by atoms with Gasteiger partial charge in [-0.1, -0.05) is 13.8 Å². The lowest BCUT2D eigenvalue weighted by Gasteiger charge is -2.52. The third-order valence-electron chi connectivity index (χ3n) is 4.79. The summed E-state index contributed by atoms with van der Waals surface area (Å²) in [7, 11) is 0. The van der Waals surface area contributed by atoms with Gasteiger partial charge in [-0.3, -0.25) is 4.90 Å². The van der Waals surface area contributed by atoms with E-state index in [9.17, 15) is 0 Å². The van der Waals surface area contributed by atoms with Gasteiger partial charge in [0.1, 0.15) is 0 Å². The molecule has 1 aliphatic carbocycles. The topological polar surface area (TPSA) is 15.3 Å². The van der Waals surface area contributed by atoms with Gasteiger partial charge in [-0.05, 0) is 51.5 Å². The van der Waals surface area contributed by atoms with E-state index in [2.05, 4.69) is 24.1 Å². The zero-order valence-corrected chi connectivity index (χ0v) is 11.1. The summed E-state index contributed by atoms with van der Waals surface area (Å²) in [4.78, 5) is 2.79. The second-order valence-corrected chi connectivity index (χ2v) is 5.65. The Hall–Kier alpha value is -0.0800. The monoisotopic (exact) mass is 224 g/mol. The largest absolute Gasteiger partial charge is 0.314 e. The molecule has 0 unspecified atom stereocenters. The molecule has 1 heterocycles. The van der Waals surface area contributed by atoms with Crippen molar-refractivity contribution in [1.82, 2.24) is 10.2 Å². The summed E-state index contributed by atoms with van der Waals surface area (Å²) in [6, 6.07) is 0.796. The molecule has 0 aromatic heterocycles. The van der Waals surface area contributed by atoms with Crippen molar-refractivity contribution in [3.63, 3.8) is 0 Å². The Labute approximate surface area is 101 Å². The van der Waals surface area contributed by atoms with Crippen LogP contribution in [0.5, 0.6) is 0 Å². The second-order valence-electron chi connectivity index (χ2n) is 5.65. The van der Waals surface area contributed by atoms with Gasteiger partial charge in [0.15, 0.2) is 0 Å². The highest BCUT2D eigenvalue weighted by atomic mass is 15.2. The quantitative estimate of drug-likeness (QED) is 0.772. The Balaban J connectivity index is 1.76. The van der Waals surface area contributed by atoms with Crippen LogP contribution in [0.25, 0.3) is 0 Å². The van der Waals surface area contributed by atoms with E-state index < -0.39 is 0 Å². The molecule has 2 nitrogen and oxygen atoms in total. The maximum atomic E-state index is 3.67. The van der Waals surface area contributed by atoms with Crippen LogP contribution in [0.15, 0.2) is 0 Å². The van der Waals surface area contributed by atoms with Gasteiger partial charge in [0, 0.05) is 24.7 Å². The van der Waals surface area contributed by atoms with Gasteiger partial charge in [-0.15, -0.1) is 0 Å². The van der Waals surface area contributed by atoms with Crippen LogP contribution in [0.2, 0.25) is 0 Å². The lowest BCUT2D eigenvalue weighted by Crippen LogP contribution is -2.57. The smallest absolute Gasteiger partial charge is 0.0207 e. The molecule has 2 heteroatoms. The van der Waals surface area contributed by atoms with E-state index >= 15 is 0 Å². The number of nitrogens with one attached hydrogen (secondary N) is 1. The first-order chi connectivity index (χ1) is 7.80. The molecule has 2 rings (SSSR count). The second kappa shape index (κ2) is 5.50. The molecular weight excluding hydrogens is 196 g/mol. The first kappa shape index (κ1) is 12.4. The van der Waals surface area contributed by atoms with E-state index in [1.54, 1.807) is 0 Å². The minimum Gasteiger partial charge on any atom is -0.314 e. The molecule has 2 aliphatic rings. The van der Waals surface area contributed by atoms with Gasteiger partial charge < -0.3 is 5.32 Å². The molecular formula is C14H28N2. The number of hydrogen-bond acceptors (Lipinski definition) is 2. The van der Waals surface area contributed by atoms with E-state index in [1.807, 2.05) is 0 Å². The Morgan fingerprint density at radius 3 is 2.31 bits per heavy atom. The average molecular weight is 224 g/mol. The van der Waals surface area contributed by atoms with Crippen LogP contribution in [-0.4, -0.2) is 36.1 Å². The van der Waals surface area contributed by atoms with Crippen LogP contribution in [0.4, 0.5) is 0 Å². The fraction of sp³-hybridized carbons (Fsp3) is 1.00. The molecule has 0 amide bonds. The molecule has 1 N–H and O–H groups in total. The van der Waals surface area contributed by atoms with Gasteiger partial charge in [0.2, 0.25) is 0 Å². The van der Waals surface area contributed by atoms with Crippen molar-refractivity contribution in [2.45, 2.75) is 70.4 Å². The van der Waals surface area contributed by atoms with Crippen LogP contribution >= 0.6 is 0 Å². The third kappa shape index (κ3) is 2.43. The van der Waals surface area contributed by atoms with Crippen LogP contribution in [0, 0.1) is 0 Å². The SMILES string of the molecule is CCCNC1CCN(C2(CC)CCC2)CC1. The maximum absolute atomic E-state index is 3.67. The Morgan fingerprint density at radius 2 is 1.88 bits per heavy atom. The first-order valence-electron chi connectivity index (χ1n) is 7.29. The van der Waals surface area contributed by atoms with Crippen LogP contribution in [0.1, 0.15) is 58.8 Å². The molecule has 1 saturated carbocycles. The number of likely N-dealkylation sites (tertiary alicyclic amines) is 1. The molecule has 1 aliphatic heterocycles. The summed E-state index contributed by atoms with van der Waals surface area (Å²) >= 11 is 0. The molecule has 0 atom stereocenters. The summed E-state index contributed by atoms with van der Waals surface area (Å²) in [6.07, 6.45) is 9.72. The van der Waals surface area contributed by atoms with Crippen molar-refractivity contribution in [1.29, 1.82) is 0 Å². The van der Waals surface area contributed by atoms with E-state index in [0.29, 0.717) is 5.54 Å². The molecule has 16 heavy (non-hydrogen) atoms. The number of hydrogen-bond donors (Lipinski definition) is 1. The van der Waals surface area contributed by atoms with E-state index in [-0.39, 0.29) is 0 Å². The molecule has 0 aromatic carbocycles. The maximum Gasteiger partial charge on any atom is 0.0207 e. The van der Waals surface area contributed by atoms with Crippen molar-refractivity contribution in [3.05, 3.63) is 0 Å². The third-order valence-corrected chi connectivity index (χ3v) is 4.79. The molecule has 94 valence electrons. The lowest BCUT2D eigenvalue weighted by atomic mass is 9.72. The Kier molecular flexibility index (Phi) is 4.26. The first-order valence-corrected chi connectivity index (χ1v) is 7.29. The van der Waals surface area contributed by atoms with Crippen molar-refractivity contribution in [3.8, 4) is 0 Å². The average Bonchev–Trinajstić information content (AvgIpc) is 2.27. The van der Waals surface area contributed by atoms with E-state index in [4.69, 9.17) is 0 Å². The normalized spacial score (nSPS) is 26.6. The number of nitrogens with zero attached hydrogens (tertiary/aromatic N) is 1. The van der Waals surface area contributed by atoms with Gasteiger partial charge in [0.05, 0.1) is 0 Å². The molecule has 0 spiro atoms. The highest BCUT2D eigenvalue weighted by Crippen LogP contribution is 2.41. The predicted molar refractivity (Wildman–Crippen MR) is 69.8 cm³/mol. The van der Waals surface area contributed by atoms with Gasteiger partial charge >= 0.3 is 0 Å². The highest BCUT2D eigenvalue weighted by Gasteiger charge is 2.41. The van der Waals surface area contributed by atoms with Gasteiger partial charge in [-0.2, -0.15) is 0 Å². The van der Waals surface area contributed by atoms with Crippen molar-refractivity contribution in [2.75, 3.05) is 19.6 Å². The molecule has 0 bridgehead atoms. The van der Waals surface area contributed by atoms with Gasteiger partial charge in [-0.25, -0.2) is 0 Å². The van der Waals surface area contributed by atoms with Crippen LogP contribution < -0.4 is 5.32 Å². The van der Waals surface area contributed by atoms with Crippen LogP contribution in [-0.2, 0) is 0 Å². The number of rotatable bonds is 5. The van der Waals surface area contributed by atoms with Crippen molar-refractivity contribution >= 4 is 0 Å². The van der Waals surface area contributed by atoms with Crippen molar-refractivity contribution < 1.29 is 0 Å². The van der Waals surface area contributed by atoms with E-state index in [1.165, 1.54) is 64.6 Å². The summed E-state index contributed by atoms with van der Waals surface area (Å²) in [6.45, 7) is 8.48. The van der Waals surface area contributed by atoms with Crippen LogP contribution in [0.3, 0.4) is 0 Å². The molecule has 0 aromatic rings. The predicted octanol–water partition coefficient (Wildman–Crippen LogP) is 2.78. The molecule has 1 saturated heterocycles.